The van der Waals surface area contributed by atoms with Crippen molar-refractivity contribution in [3.05, 3.63) is 65.6 Å². The maximum absolute atomic E-state index is 15.5. The van der Waals surface area contributed by atoms with Crippen LogP contribution in [0.1, 0.15) is 36.9 Å². The van der Waals surface area contributed by atoms with Gasteiger partial charge in [0.15, 0.2) is 5.13 Å². The Morgan fingerprint density at radius 2 is 1.75 bits per heavy atom. The van der Waals surface area contributed by atoms with Crippen LogP contribution in [0.4, 0.5) is 30.1 Å². The average Bonchev–Trinajstić information content (AvgIpc) is 3.27. The Morgan fingerprint density at radius 1 is 1.00 bits per heavy atom. The van der Waals surface area contributed by atoms with Crippen molar-refractivity contribution in [3.8, 4) is 5.75 Å². The van der Waals surface area contributed by atoms with Gasteiger partial charge in [-0.15, -0.1) is 0 Å². The Hall–Kier alpha value is -3.44. The second-order valence-corrected chi connectivity index (χ2v) is 9.70. The molecule has 0 bridgehead atoms. The van der Waals surface area contributed by atoms with Crippen LogP contribution in [0.2, 0.25) is 0 Å². The van der Waals surface area contributed by atoms with Crippen LogP contribution >= 0.6 is 11.3 Å². The van der Waals surface area contributed by atoms with Crippen LogP contribution in [0.5, 0.6) is 5.75 Å². The molecule has 4 aromatic rings. The Balaban J connectivity index is 1.49. The van der Waals surface area contributed by atoms with Crippen LogP contribution in [-0.2, 0) is 5.92 Å². The molecule has 0 amide bonds. The lowest BCUT2D eigenvalue weighted by Gasteiger charge is -2.26. The van der Waals surface area contributed by atoms with Gasteiger partial charge in [0.1, 0.15) is 23.1 Å². The van der Waals surface area contributed by atoms with Crippen molar-refractivity contribution in [1.82, 2.24) is 15.0 Å². The number of methoxy groups -OCH3 is 1. The number of aliphatic hydroxyl groups excluding tert-OH is 1. The monoisotopic (exact) mass is 515 g/mol. The van der Waals surface area contributed by atoms with E-state index in [0.29, 0.717) is 36.6 Å². The molecule has 1 aliphatic rings. The van der Waals surface area contributed by atoms with Crippen LogP contribution in [0, 0.1) is 5.82 Å². The molecular weight excluding hydrogens is 491 g/mol. The molecular formula is C25H24F3N5O2S. The summed E-state index contributed by atoms with van der Waals surface area (Å²) in [6.07, 6.45) is 2.22. The molecule has 7 nitrogen and oxygen atoms in total. The van der Waals surface area contributed by atoms with Gasteiger partial charge in [0, 0.05) is 17.7 Å². The zero-order chi connectivity index (χ0) is 25.3. The van der Waals surface area contributed by atoms with Crippen molar-refractivity contribution in [1.29, 1.82) is 0 Å². The first-order valence-electron chi connectivity index (χ1n) is 11.5. The van der Waals surface area contributed by atoms with Crippen LogP contribution in [0.15, 0.2) is 48.5 Å². The van der Waals surface area contributed by atoms with Crippen molar-refractivity contribution in [2.75, 3.05) is 17.7 Å². The van der Waals surface area contributed by atoms with Crippen molar-refractivity contribution in [2.24, 2.45) is 0 Å². The summed E-state index contributed by atoms with van der Waals surface area (Å²) in [7, 11) is 1.58. The van der Waals surface area contributed by atoms with Gasteiger partial charge in [-0.1, -0.05) is 11.3 Å². The van der Waals surface area contributed by atoms with Crippen molar-refractivity contribution in [2.45, 2.75) is 43.8 Å². The van der Waals surface area contributed by atoms with E-state index in [4.69, 9.17) is 4.74 Å². The van der Waals surface area contributed by atoms with Crippen LogP contribution < -0.4 is 15.4 Å². The van der Waals surface area contributed by atoms with E-state index in [9.17, 15) is 9.50 Å². The first kappa shape index (κ1) is 24.3. The quantitative estimate of drug-likeness (QED) is 0.285. The predicted octanol–water partition coefficient (Wildman–Crippen LogP) is 5.83. The summed E-state index contributed by atoms with van der Waals surface area (Å²) in [5, 5.41) is 16.4. The number of halogens is 3. The first-order chi connectivity index (χ1) is 17.3. The number of fused-ring (bicyclic) bond motifs is 1. The normalized spacial score (nSPS) is 18.2. The van der Waals surface area contributed by atoms with Gasteiger partial charge >= 0.3 is 5.92 Å². The van der Waals surface area contributed by atoms with Crippen LogP contribution in [-0.4, -0.2) is 39.3 Å². The molecule has 2 aromatic heterocycles. The number of benzene rings is 2. The van der Waals surface area contributed by atoms with Gasteiger partial charge in [-0.3, -0.25) is 0 Å². The van der Waals surface area contributed by atoms with E-state index in [1.807, 2.05) is 12.1 Å². The molecule has 0 spiro atoms. The molecule has 1 saturated carbocycles. The Bertz CT molecular complexity index is 1360. The van der Waals surface area contributed by atoms with E-state index in [-0.39, 0.29) is 29.5 Å². The maximum Gasteiger partial charge on any atom is 0.315 e. The highest BCUT2D eigenvalue weighted by Crippen LogP contribution is 2.37. The number of hydrogen-bond acceptors (Lipinski definition) is 8. The molecule has 3 N–H and O–H groups in total. The number of thiazole rings is 1. The lowest BCUT2D eigenvalue weighted by molar-refractivity contribution is 0.0380. The first-order valence-corrected chi connectivity index (χ1v) is 12.3. The number of rotatable bonds is 7. The van der Waals surface area contributed by atoms with Crippen LogP contribution in [0.25, 0.3) is 10.2 Å². The third kappa shape index (κ3) is 5.21. The Kier molecular flexibility index (Phi) is 6.67. The molecule has 0 atom stereocenters. The second kappa shape index (κ2) is 9.90. The van der Waals surface area contributed by atoms with E-state index in [1.54, 1.807) is 13.2 Å². The zero-order valence-electron chi connectivity index (χ0n) is 19.3. The average molecular weight is 516 g/mol. The van der Waals surface area contributed by atoms with Gasteiger partial charge in [-0.25, -0.2) is 14.4 Å². The molecule has 36 heavy (non-hydrogen) atoms. The Labute approximate surface area is 209 Å². The minimum atomic E-state index is -3.49. The summed E-state index contributed by atoms with van der Waals surface area (Å²) < 4.78 is 50.4. The van der Waals surface area contributed by atoms with Gasteiger partial charge in [-0.05, 0) is 68.1 Å². The molecule has 0 aliphatic heterocycles. The zero-order valence-corrected chi connectivity index (χ0v) is 20.2. The highest BCUT2D eigenvalue weighted by molar-refractivity contribution is 7.22. The maximum atomic E-state index is 15.5. The number of nitrogens with zero attached hydrogens (tertiary/aromatic N) is 3. The largest absolute Gasteiger partial charge is 0.497 e. The van der Waals surface area contributed by atoms with Gasteiger partial charge in [0.2, 0.25) is 5.95 Å². The van der Waals surface area contributed by atoms with E-state index in [0.717, 1.165) is 34.5 Å². The molecule has 1 fully saturated rings. The standard InChI is InChI=1S/C25H24F3N5O2S/c1-35-18-10-11-19-20(12-18)36-24(30-19)33-22-13-21(25(27,28)14-2-4-15(26)5-3-14)31-23(32-22)29-16-6-8-17(34)9-7-16/h2-5,10-13,16-17,34H,6-9H2,1H3,(H2,29,30,31,32,33). The number of anilines is 3. The summed E-state index contributed by atoms with van der Waals surface area (Å²) in [6.45, 7) is 0. The van der Waals surface area contributed by atoms with E-state index in [2.05, 4.69) is 25.6 Å². The third-order valence-corrected chi connectivity index (χ3v) is 7.05. The minimum absolute atomic E-state index is 0.0426. The lowest BCUT2D eigenvalue weighted by atomic mass is 9.93. The van der Waals surface area contributed by atoms with Gasteiger partial charge in [-0.2, -0.15) is 13.8 Å². The summed E-state index contributed by atoms with van der Waals surface area (Å²) >= 11 is 1.33. The number of aliphatic hydroxyl groups is 1. The summed E-state index contributed by atoms with van der Waals surface area (Å²) in [5.41, 5.74) is -0.187. The summed E-state index contributed by atoms with van der Waals surface area (Å²) in [6, 6.07) is 10.6. The fourth-order valence-electron chi connectivity index (χ4n) is 4.14. The number of alkyl halides is 2. The highest BCUT2D eigenvalue weighted by atomic mass is 32.1. The third-order valence-electron chi connectivity index (χ3n) is 6.12. The van der Waals surface area contributed by atoms with Crippen molar-refractivity contribution >= 4 is 38.5 Å². The molecule has 0 unspecified atom stereocenters. The molecule has 2 heterocycles. The molecule has 2 aromatic carbocycles. The molecule has 11 heteroatoms. The smallest absolute Gasteiger partial charge is 0.315 e. The molecule has 5 rings (SSSR count). The summed E-state index contributed by atoms with van der Waals surface area (Å²) in [4.78, 5) is 13.1. The predicted molar refractivity (Wildman–Crippen MR) is 133 cm³/mol. The highest BCUT2D eigenvalue weighted by Gasteiger charge is 2.37. The number of nitrogens with one attached hydrogen (secondary N) is 2. The number of hydrogen-bond donors (Lipinski definition) is 3. The minimum Gasteiger partial charge on any atom is -0.497 e. The number of ether oxygens (including phenoxy) is 1. The molecule has 1 aliphatic carbocycles. The number of aromatic nitrogens is 3. The second-order valence-electron chi connectivity index (χ2n) is 8.67. The van der Waals surface area contributed by atoms with Crippen molar-refractivity contribution in [3.63, 3.8) is 0 Å². The molecule has 188 valence electrons. The van der Waals surface area contributed by atoms with E-state index >= 15 is 8.78 Å². The fourth-order valence-corrected chi connectivity index (χ4v) is 5.04. The fraction of sp³-hybridized carbons (Fsp3) is 0.320. The SMILES string of the molecule is COc1ccc2nc(Nc3cc(C(F)(F)c4ccc(F)cc4)nc(NC4CCC(O)CC4)n3)sc2c1. The van der Waals surface area contributed by atoms with Crippen molar-refractivity contribution < 1.29 is 23.0 Å². The van der Waals surface area contributed by atoms with E-state index < -0.39 is 17.4 Å². The van der Waals surface area contributed by atoms with E-state index in [1.165, 1.54) is 17.4 Å². The molecule has 0 radical (unpaired) electrons. The van der Waals surface area contributed by atoms with Gasteiger partial charge < -0.3 is 20.5 Å². The Morgan fingerprint density at radius 3 is 2.47 bits per heavy atom. The van der Waals surface area contributed by atoms with Crippen LogP contribution in [0.3, 0.4) is 0 Å². The summed E-state index contributed by atoms with van der Waals surface area (Å²) in [5.74, 6) is -3.22. The lowest BCUT2D eigenvalue weighted by Crippen LogP contribution is -2.29. The molecule has 0 saturated heterocycles. The van der Waals surface area contributed by atoms with Gasteiger partial charge in [0.25, 0.3) is 0 Å². The topological polar surface area (TPSA) is 92.2 Å². The van der Waals surface area contributed by atoms with Gasteiger partial charge in [0.05, 0.1) is 23.4 Å².